The average Bonchev–Trinajstić information content (AvgIpc) is 3.04. The van der Waals surface area contributed by atoms with E-state index in [0.29, 0.717) is 31.1 Å². The Morgan fingerprint density at radius 1 is 1.29 bits per heavy atom. The molecule has 1 saturated heterocycles. The minimum Gasteiger partial charge on any atom is -0.492 e. The van der Waals surface area contributed by atoms with Gasteiger partial charge in [0.25, 0.3) is 0 Å². The fraction of sp³-hybridized carbons (Fsp3) is 0.533. The number of hydrogen-bond acceptors (Lipinski definition) is 5. The number of carbonyl (C=O) groups excluding carboxylic acids is 1. The van der Waals surface area contributed by atoms with Gasteiger partial charge in [0.05, 0.1) is 13.2 Å². The van der Waals surface area contributed by atoms with Crippen molar-refractivity contribution in [2.24, 2.45) is 0 Å². The van der Waals surface area contributed by atoms with E-state index in [2.05, 4.69) is 10.6 Å². The van der Waals surface area contributed by atoms with Crippen molar-refractivity contribution in [2.75, 3.05) is 38.6 Å². The molecule has 0 aliphatic carbocycles. The van der Waals surface area contributed by atoms with Crippen LogP contribution in [-0.2, 0) is 14.8 Å². The minimum atomic E-state index is -3.62. The van der Waals surface area contributed by atoms with Crippen molar-refractivity contribution in [1.29, 1.82) is 0 Å². The highest BCUT2D eigenvalue weighted by Gasteiger charge is 2.30. The van der Waals surface area contributed by atoms with Crippen LogP contribution in [0.1, 0.15) is 19.8 Å². The summed E-state index contributed by atoms with van der Waals surface area (Å²) in [5.41, 5.74) is 0.437. The smallest absolute Gasteiger partial charge is 0.246 e. The van der Waals surface area contributed by atoms with Crippen molar-refractivity contribution in [3.8, 4) is 5.75 Å². The van der Waals surface area contributed by atoms with Gasteiger partial charge in [-0.15, -0.1) is 12.4 Å². The Kier molecular flexibility index (Phi) is 7.95. The highest BCUT2D eigenvalue weighted by molar-refractivity contribution is 7.89. The normalized spacial score (nSPS) is 14.9. The van der Waals surface area contributed by atoms with Crippen molar-refractivity contribution in [1.82, 2.24) is 9.62 Å². The van der Waals surface area contributed by atoms with Crippen LogP contribution in [0.25, 0.3) is 0 Å². The maximum absolute atomic E-state index is 12.8. The van der Waals surface area contributed by atoms with Crippen molar-refractivity contribution >= 4 is 34.0 Å². The highest BCUT2D eigenvalue weighted by atomic mass is 35.5. The summed E-state index contributed by atoms with van der Waals surface area (Å²) in [5.74, 6) is 0.0761. The summed E-state index contributed by atoms with van der Waals surface area (Å²) in [6.07, 6.45) is 1.73. The molecule has 0 spiro atoms. The number of nitrogens with zero attached hydrogens (tertiary/aromatic N) is 1. The zero-order valence-corrected chi connectivity index (χ0v) is 15.5. The summed E-state index contributed by atoms with van der Waals surface area (Å²) < 4.78 is 32.6. The van der Waals surface area contributed by atoms with Gasteiger partial charge in [-0.05, 0) is 45.0 Å². The largest absolute Gasteiger partial charge is 0.492 e. The first-order chi connectivity index (χ1) is 11.0. The molecule has 0 bridgehead atoms. The second kappa shape index (κ2) is 9.22. The highest BCUT2D eigenvalue weighted by Crippen LogP contribution is 2.31. The number of nitrogens with one attached hydrogen (secondary N) is 2. The lowest BCUT2D eigenvalue weighted by Gasteiger charge is -2.19. The Balaban J connectivity index is 0.00000288. The monoisotopic (exact) mass is 377 g/mol. The van der Waals surface area contributed by atoms with Gasteiger partial charge in [-0.1, -0.05) is 0 Å². The van der Waals surface area contributed by atoms with E-state index in [9.17, 15) is 13.2 Å². The third kappa shape index (κ3) is 4.83. The first kappa shape index (κ1) is 20.7. The predicted octanol–water partition coefficient (Wildman–Crippen LogP) is 1.45. The quantitative estimate of drug-likeness (QED) is 0.750. The summed E-state index contributed by atoms with van der Waals surface area (Å²) in [4.78, 5) is 11.8. The lowest BCUT2D eigenvalue weighted by Crippen LogP contribution is -2.29. The molecule has 1 heterocycles. The fourth-order valence-electron chi connectivity index (χ4n) is 2.50. The third-order valence-corrected chi connectivity index (χ3v) is 5.47. The first-order valence-corrected chi connectivity index (χ1v) is 9.14. The fourth-order valence-corrected chi connectivity index (χ4v) is 4.17. The lowest BCUT2D eigenvalue weighted by atomic mass is 10.3. The van der Waals surface area contributed by atoms with Crippen LogP contribution in [0.2, 0.25) is 0 Å². The van der Waals surface area contributed by atoms with E-state index in [4.69, 9.17) is 4.74 Å². The molecule has 1 aromatic rings. The van der Waals surface area contributed by atoms with Crippen LogP contribution in [0, 0.1) is 0 Å². The van der Waals surface area contributed by atoms with Crippen molar-refractivity contribution < 1.29 is 17.9 Å². The summed E-state index contributed by atoms with van der Waals surface area (Å²) >= 11 is 0. The number of benzene rings is 1. The topological polar surface area (TPSA) is 87.7 Å². The Morgan fingerprint density at radius 3 is 2.54 bits per heavy atom. The molecule has 24 heavy (non-hydrogen) atoms. The predicted molar refractivity (Wildman–Crippen MR) is 95.4 cm³/mol. The molecule has 9 heteroatoms. The number of sulfonamides is 1. The van der Waals surface area contributed by atoms with Gasteiger partial charge in [-0.25, -0.2) is 8.42 Å². The molecule has 2 rings (SSSR count). The number of anilines is 1. The zero-order chi connectivity index (χ0) is 16.9. The van der Waals surface area contributed by atoms with Crippen LogP contribution in [0.3, 0.4) is 0 Å². The number of carbonyl (C=O) groups is 1. The molecule has 136 valence electrons. The maximum Gasteiger partial charge on any atom is 0.246 e. The van der Waals surface area contributed by atoms with Gasteiger partial charge in [0.15, 0.2) is 0 Å². The van der Waals surface area contributed by atoms with Crippen molar-refractivity contribution in [3.05, 3.63) is 18.2 Å². The molecule has 1 aromatic carbocycles. The number of rotatable bonds is 7. The van der Waals surface area contributed by atoms with Crippen LogP contribution in [0.4, 0.5) is 5.69 Å². The molecule has 7 nitrogen and oxygen atoms in total. The van der Waals surface area contributed by atoms with E-state index in [1.807, 2.05) is 0 Å². The van der Waals surface area contributed by atoms with Crippen LogP contribution in [0.5, 0.6) is 5.75 Å². The van der Waals surface area contributed by atoms with Gasteiger partial charge in [0.2, 0.25) is 15.9 Å². The summed E-state index contributed by atoms with van der Waals surface area (Å²) in [5, 5.41) is 5.42. The molecule has 0 aromatic heterocycles. The Labute approximate surface area is 149 Å². The van der Waals surface area contributed by atoms with Gasteiger partial charge in [-0.3, -0.25) is 4.79 Å². The van der Waals surface area contributed by atoms with Crippen LogP contribution >= 0.6 is 12.4 Å². The van der Waals surface area contributed by atoms with Crippen molar-refractivity contribution in [3.63, 3.8) is 0 Å². The molecule has 0 saturated carbocycles. The van der Waals surface area contributed by atoms with Gasteiger partial charge in [0.1, 0.15) is 10.6 Å². The molecule has 1 fully saturated rings. The zero-order valence-electron chi connectivity index (χ0n) is 13.9. The maximum atomic E-state index is 12.8. The second-order valence-electron chi connectivity index (χ2n) is 5.28. The van der Waals surface area contributed by atoms with Crippen molar-refractivity contribution in [2.45, 2.75) is 24.7 Å². The Bertz CT molecular complexity index is 661. The van der Waals surface area contributed by atoms with Crippen LogP contribution in [0.15, 0.2) is 23.1 Å². The molecule has 2 N–H and O–H groups in total. The molecule has 0 radical (unpaired) electrons. The molecular formula is C15H24ClN3O4S. The second-order valence-corrected chi connectivity index (χ2v) is 7.19. The number of halogens is 1. The SMILES string of the molecule is CCOc1ccc(NC(=O)CNC)cc1S(=O)(=O)N1CCCC1.Cl. The molecule has 0 unspecified atom stereocenters. The van der Waals surface area contributed by atoms with Gasteiger partial charge < -0.3 is 15.4 Å². The third-order valence-electron chi connectivity index (χ3n) is 3.55. The van der Waals surface area contributed by atoms with Gasteiger partial charge >= 0.3 is 0 Å². The van der Waals surface area contributed by atoms with E-state index < -0.39 is 10.0 Å². The minimum absolute atomic E-state index is 0. The summed E-state index contributed by atoms with van der Waals surface area (Å²) in [7, 11) is -1.95. The van der Waals surface area contributed by atoms with Crippen LogP contribution in [-0.4, -0.2) is 51.9 Å². The van der Waals surface area contributed by atoms with E-state index in [1.54, 1.807) is 26.1 Å². The van der Waals surface area contributed by atoms with E-state index in [-0.39, 0.29) is 29.8 Å². The Hall–Kier alpha value is -1.35. The number of likely N-dealkylation sites (N-methyl/N-ethyl adjacent to an activating group) is 1. The Morgan fingerprint density at radius 2 is 1.96 bits per heavy atom. The average molecular weight is 378 g/mol. The lowest BCUT2D eigenvalue weighted by molar-refractivity contribution is -0.115. The molecular weight excluding hydrogens is 354 g/mol. The standard InChI is InChI=1S/C15H23N3O4S.ClH/c1-3-22-13-7-6-12(17-15(19)11-16-2)10-14(13)23(20,21)18-8-4-5-9-18;/h6-7,10,16H,3-5,8-9,11H2,1-2H3,(H,17,19);1H. The summed E-state index contributed by atoms with van der Waals surface area (Å²) in [6, 6.07) is 4.69. The van der Waals surface area contributed by atoms with E-state index in [0.717, 1.165) is 12.8 Å². The number of hydrogen-bond donors (Lipinski definition) is 2. The molecule has 1 amide bonds. The van der Waals surface area contributed by atoms with E-state index >= 15 is 0 Å². The number of amides is 1. The van der Waals surface area contributed by atoms with Gasteiger partial charge in [-0.2, -0.15) is 4.31 Å². The van der Waals surface area contributed by atoms with Crippen LogP contribution < -0.4 is 15.4 Å². The number of ether oxygens (including phenoxy) is 1. The molecule has 1 aliphatic heterocycles. The first-order valence-electron chi connectivity index (χ1n) is 7.70. The van der Waals surface area contributed by atoms with E-state index in [1.165, 1.54) is 10.4 Å². The molecule has 1 aliphatic rings. The molecule has 0 atom stereocenters. The van der Waals surface area contributed by atoms with Gasteiger partial charge in [0, 0.05) is 18.8 Å². The summed E-state index contributed by atoms with van der Waals surface area (Å²) in [6.45, 7) is 3.36.